The van der Waals surface area contributed by atoms with Gasteiger partial charge in [0.2, 0.25) is 5.91 Å². The summed E-state index contributed by atoms with van der Waals surface area (Å²) in [6, 6.07) is 14.4. The fourth-order valence-corrected chi connectivity index (χ4v) is 3.90. The van der Waals surface area contributed by atoms with Gasteiger partial charge in [0.1, 0.15) is 6.61 Å². The van der Waals surface area contributed by atoms with Crippen molar-refractivity contribution in [3.63, 3.8) is 0 Å². The van der Waals surface area contributed by atoms with Crippen LogP contribution in [0.2, 0.25) is 0 Å². The van der Waals surface area contributed by atoms with E-state index in [1.54, 1.807) is 17.0 Å². The maximum atomic E-state index is 12.7. The van der Waals surface area contributed by atoms with Gasteiger partial charge in [-0.3, -0.25) is 9.69 Å². The number of urea groups is 1. The van der Waals surface area contributed by atoms with Gasteiger partial charge in [-0.25, -0.2) is 9.59 Å². The number of likely N-dealkylation sites (tertiary alicyclic amines) is 1. The van der Waals surface area contributed by atoms with Crippen molar-refractivity contribution in [2.24, 2.45) is 11.7 Å². The highest BCUT2D eigenvalue weighted by Crippen LogP contribution is 2.30. The fourth-order valence-electron chi connectivity index (χ4n) is 3.90. The summed E-state index contributed by atoms with van der Waals surface area (Å²) in [7, 11) is 0. The van der Waals surface area contributed by atoms with E-state index in [9.17, 15) is 14.4 Å². The highest BCUT2D eigenvalue weighted by Gasteiger charge is 2.32. The lowest BCUT2D eigenvalue weighted by atomic mass is 10.1. The zero-order valence-electron chi connectivity index (χ0n) is 16.5. The van der Waals surface area contributed by atoms with Gasteiger partial charge in [-0.1, -0.05) is 30.3 Å². The van der Waals surface area contributed by atoms with Crippen LogP contribution in [0.15, 0.2) is 48.5 Å². The van der Waals surface area contributed by atoms with E-state index in [1.807, 2.05) is 36.4 Å². The summed E-state index contributed by atoms with van der Waals surface area (Å²) >= 11 is 0. The Balaban J connectivity index is 1.30. The van der Waals surface area contributed by atoms with Gasteiger partial charge < -0.3 is 20.7 Å². The van der Waals surface area contributed by atoms with Crippen LogP contribution in [0, 0.1) is 5.92 Å². The number of carbonyl (C=O) groups excluding carboxylic acids is 3. The van der Waals surface area contributed by atoms with Crippen molar-refractivity contribution in [2.75, 3.05) is 29.9 Å². The molecular weight excluding hydrogens is 384 g/mol. The van der Waals surface area contributed by atoms with Gasteiger partial charge in [0, 0.05) is 31.0 Å². The monoisotopic (exact) mass is 408 g/mol. The Bertz CT molecular complexity index is 963. The predicted octanol–water partition coefficient (Wildman–Crippen LogP) is 2.73. The van der Waals surface area contributed by atoms with Gasteiger partial charge in [0.05, 0.1) is 5.92 Å². The number of hydrogen-bond acceptors (Lipinski definition) is 4. The molecular formula is C22H24N4O4. The van der Waals surface area contributed by atoms with Crippen molar-refractivity contribution in [1.29, 1.82) is 0 Å². The minimum absolute atomic E-state index is 0.127. The molecule has 156 valence electrons. The highest BCUT2D eigenvalue weighted by molar-refractivity contribution is 5.96. The third kappa shape index (κ3) is 4.22. The Labute approximate surface area is 174 Å². The molecule has 3 N–H and O–H groups in total. The van der Waals surface area contributed by atoms with Crippen LogP contribution in [-0.2, 0) is 22.6 Å². The van der Waals surface area contributed by atoms with Crippen LogP contribution in [0.3, 0.4) is 0 Å². The first-order valence-corrected chi connectivity index (χ1v) is 9.97. The molecule has 4 amide bonds. The molecule has 0 aromatic heterocycles. The number of ether oxygens (including phenoxy) is 1. The molecule has 0 bridgehead atoms. The second-order valence-electron chi connectivity index (χ2n) is 7.54. The van der Waals surface area contributed by atoms with E-state index in [4.69, 9.17) is 10.5 Å². The first kappa shape index (κ1) is 19.8. The number of nitrogens with zero attached hydrogens (tertiary/aromatic N) is 2. The molecule has 2 aromatic rings. The summed E-state index contributed by atoms with van der Waals surface area (Å²) in [4.78, 5) is 39.5. The first-order valence-electron chi connectivity index (χ1n) is 9.97. The van der Waals surface area contributed by atoms with Gasteiger partial charge in [-0.15, -0.1) is 0 Å². The van der Waals surface area contributed by atoms with E-state index in [2.05, 4.69) is 5.32 Å². The van der Waals surface area contributed by atoms with Gasteiger partial charge in [-0.2, -0.15) is 0 Å². The average Bonchev–Trinajstić information content (AvgIpc) is 3.40. The quantitative estimate of drug-likeness (QED) is 0.811. The third-order valence-electron chi connectivity index (χ3n) is 5.53. The molecule has 0 spiro atoms. The molecule has 2 aliphatic rings. The lowest BCUT2D eigenvalue weighted by Gasteiger charge is -2.17. The van der Waals surface area contributed by atoms with Crippen molar-refractivity contribution in [3.05, 3.63) is 59.7 Å². The molecule has 8 heteroatoms. The summed E-state index contributed by atoms with van der Waals surface area (Å²) in [6.07, 6.45) is 0.886. The predicted molar refractivity (Wildman–Crippen MR) is 112 cm³/mol. The number of fused-ring (bicyclic) bond motifs is 1. The molecule has 2 aliphatic heterocycles. The summed E-state index contributed by atoms with van der Waals surface area (Å²) in [5, 5.41) is 2.92. The lowest BCUT2D eigenvalue weighted by Crippen LogP contribution is -2.33. The number of amides is 4. The normalized spacial score (nSPS) is 17.5. The maximum absolute atomic E-state index is 12.7. The van der Waals surface area contributed by atoms with Crippen molar-refractivity contribution in [3.8, 4) is 0 Å². The van der Waals surface area contributed by atoms with Gasteiger partial charge >= 0.3 is 12.1 Å². The molecule has 8 nitrogen and oxygen atoms in total. The van der Waals surface area contributed by atoms with Crippen LogP contribution in [0.1, 0.15) is 17.5 Å². The molecule has 0 aliphatic carbocycles. The van der Waals surface area contributed by atoms with Gasteiger partial charge in [0.15, 0.2) is 0 Å². The van der Waals surface area contributed by atoms with E-state index >= 15 is 0 Å². The van der Waals surface area contributed by atoms with E-state index in [-0.39, 0.29) is 18.4 Å². The molecule has 4 rings (SSSR count). The number of hydrogen-bond donors (Lipinski definition) is 2. The van der Waals surface area contributed by atoms with E-state index in [1.165, 1.54) is 4.90 Å². The number of anilines is 2. The van der Waals surface area contributed by atoms with E-state index in [0.29, 0.717) is 38.2 Å². The summed E-state index contributed by atoms with van der Waals surface area (Å²) in [5.41, 5.74) is 8.74. The molecule has 1 atom stereocenters. The van der Waals surface area contributed by atoms with Crippen LogP contribution in [-0.4, -0.2) is 42.6 Å². The summed E-state index contributed by atoms with van der Waals surface area (Å²) in [5.74, 6) is -0.414. The molecule has 30 heavy (non-hydrogen) atoms. The Morgan fingerprint density at radius 1 is 1.10 bits per heavy atom. The Morgan fingerprint density at radius 2 is 1.90 bits per heavy atom. The third-order valence-corrected chi connectivity index (χ3v) is 5.53. The Morgan fingerprint density at radius 3 is 2.67 bits per heavy atom. The first-order chi connectivity index (χ1) is 14.5. The number of rotatable bonds is 4. The molecule has 0 radical (unpaired) electrons. The Hall–Kier alpha value is -3.55. The summed E-state index contributed by atoms with van der Waals surface area (Å²) < 4.78 is 5.35. The van der Waals surface area contributed by atoms with Gasteiger partial charge in [-0.05, 0) is 42.2 Å². The average molecular weight is 408 g/mol. The van der Waals surface area contributed by atoms with Crippen LogP contribution < -0.4 is 16.0 Å². The minimum Gasteiger partial charge on any atom is -0.445 e. The van der Waals surface area contributed by atoms with E-state index in [0.717, 1.165) is 16.8 Å². The number of benzene rings is 2. The SMILES string of the molecule is NC(=O)N1CCc2cc(NC(=O)C3CCN(C(=O)OCc4ccccc4)C3)ccc21. The molecule has 2 heterocycles. The second kappa shape index (κ2) is 8.44. The lowest BCUT2D eigenvalue weighted by molar-refractivity contribution is -0.119. The maximum Gasteiger partial charge on any atom is 0.410 e. The molecule has 2 aromatic carbocycles. The van der Waals surface area contributed by atoms with E-state index < -0.39 is 12.1 Å². The van der Waals surface area contributed by atoms with Crippen LogP contribution in [0.25, 0.3) is 0 Å². The largest absolute Gasteiger partial charge is 0.445 e. The molecule has 0 saturated carbocycles. The zero-order chi connectivity index (χ0) is 21.1. The van der Waals surface area contributed by atoms with Gasteiger partial charge in [0.25, 0.3) is 0 Å². The molecule has 1 fully saturated rings. The standard InChI is InChI=1S/C22H24N4O4/c23-21(28)26-11-9-16-12-18(6-7-19(16)26)24-20(27)17-8-10-25(13-17)22(29)30-14-15-4-2-1-3-5-15/h1-7,12,17H,8-11,13-14H2,(H2,23,28)(H,24,27). The minimum atomic E-state index is -0.476. The van der Waals surface area contributed by atoms with Crippen molar-refractivity contribution < 1.29 is 19.1 Å². The fraction of sp³-hybridized carbons (Fsp3) is 0.318. The van der Waals surface area contributed by atoms with Crippen LogP contribution in [0.5, 0.6) is 0 Å². The number of carbonyl (C=O) groups is 3. The zero-order valence-corrected chi connectivity index (χ0v) is 16.5. The van der Waals surface area contributed by atoms with Crippen molar-refractivity contribution in [1.82, 2.24) is 4.90 Å². The molecule has 1 unspecified atom stereocenters. The van der Waals surface area contributed by atoms with Crippen LogP contribution in [0.4, 0.5) is 21.0 Å². The van der Waals surface area contributed by atoms with Crippen molar-refractivity contribution >= 4 is 29.4 Å². The van der Waals surface area contributed by atoms with Crippen molar-refractivity contribution in [2.45, 2.75) is 19.4 Å². The number of primary amides is 1. The topological polar surface area (TPSA) is 105 Å². The smallest absolute Gasteiger partial charge is 0.410 e. The Kier molecular flexibility index (Phi) is 5.56. The number of nitrogens with one attached hydrogen (secondary N) is 1. The highest BCUT2D eigenvalue weighted by atomic mass is 16.6. The number of nitrogens with two attached hydrogens (primary N) is 1. The van der Waals surface area contributed by atoms with Crippen LogP contribution >= 0.6 is 0 Å². The molecule has 1 saturated heterocycles. The second-order valence-corrected chi connectivity index (χ2v) is 7.54. The summed E-state index contributed by atoms with van der Waals surface area (Å²) in [6.45, 7) is 1.58.